The lowest BCUT2D eigenvalue weighted by molar-refractivity contribution is 0.387. The number of rotatable bonds is 4. The largest absolute Gasteiger partial charge is 0.320 e. The van der Waals surface area contributed by atoms with Crippen LogP contribution in [0.15, 0.2) is 0 Å². The molecule has 0 spiro atoms. The van der Waals surface area contributed by atoms with Gasteiger partial charge in [-0.1, -0.05) is 20.8 Å². The topological polar surface area (TPSA) is 24.1 Å². The van der Waals surface area contributed by atoms with E-state index in [1.54, 1.807) is 0 Å². The summed E-state index contributed by atoms with van der Waals surface area (Å²) in [7, 11) is 1.93. The van der Waals surface area contributed by atoms with E-state index in [0.717, 1.165) is 13.1 Å². The van der Waals surface area contributed by atoms with Crippen molar-refractivity contribution in [2.75, 3.05) is 20.1 Å². The fourth-order valence-corrected chi connectivity index (χ4v) is 0.604. The van der Waals surface area contributed by atoms with Gasteiger partial charge in [0.15, 0.2) is 0 Å². The molecule has 0 fully saturated rings. The highest BCUT2D eigenvalue weighted by Gasteiger charge is 2.10. The second-order valence-electron chi connectivity index (χ2n) is 3.47. The van der Waals surface area contributed by atoms with Gasteiger partial charge < -0.3 is 10.6 Å². The summed E-state index contributed by atoms with van der Waals surface area (Å²) in [6.45, 7) is 13.0. The molecular formula is C10H26N2. The molecule has 2 N–H and O–H groups in total. The highest BCUT2D eigenvalue weighted by atomic mass is 14.9. The first-order valence-corrected chi connectivity index (χ1v) is 4.93. The van der Waals surface area contributed by atoms with Gasteiger partial charge in [-0.05, 0) is 40.4 Å². The summed E-state index contributed by atoms with van der Waals surface area (Å²) in [6, 6.07) is 0. The van der Waals surface area contributed by atoms with Crippen molar-refractivity contribution in [3.05, 3.63) is 0 Å². The minimum atomic E-state index is 0.342. The van der Waals surface area contributed by atoms with Crippen LogP contribution < -0.4 is 10.6 Å². The van der Waals surface area contributed by atoms with Gasteiger partial charge >= 0.3 is 0 Å². The predicted molar refractivity (Wildman–Crippen MR) is 57.6 cm³/mol. The van der Waals surface area contributed by atoms with Crippen LogP contribution >= 0.6 is 0 Å². The van der Waals surface area contributed by atoms with E-state index in [9.17, 15) is 0 Å². The number of nitrogens with one attached hydrogen (secondary N) is 2. The molecule has 0 aliphatic carbocycles. The highest BCUT2D eigenvalue weighted by molar-refractivity contribution is 4.73. The van der Waals surface area contributed by atoms with Crippen LogP contribution in [0.2, 0.25) is 0 Å². The van der Waals surface area contributed by atoms with Gasteiger partial charge in [0.25, 0.3) is 0 Å². The molecule has 0 aromatic carbocycles. The Kier molecular flexibility index (Phi) is 10.8. The zero-order chi connectivity index (χ0) is 10.0. The smallest absolute Gasteiger partial charge is 0.0122 e. The molecule has 0 unspecified atom stereocenters. The molecule has 0 heterocycles. The highest BCUT2D eigenvalue weighted by Crippen LogP contribution is 2.04. The van der Waals surface area contributed by atoms with Gasteiger partial charge in [0.1, 0.15) is 0 Å². The normalized spacial score (nSPS) is 10.5. The van der Waals surface area contributed by atoms with Crippen LogP contribution in [-0.4, -0.2) is 25.7 Å². The lowest BCUT2D eigenvalue weighted by Gasteiger charge is -2.23. The van der Waals surface area contributed by atoms with Crippen LogP contribution in [0.3, 0.4) is 0 Å². The second-order valence-corrected chi connectivity index (χ2v) is 3.47. The fraction of sp³-hybridized carbons (Fsp3) is 1.00. The molecule has 76 valence electrons. The molecule has 0 atom stereocenters. The van der Waals surface area contributed by atoms with Gasteiger partial charge in [-0.25, -0.2) is 0 Å². The van der Waals surface area contributed by atoms with E-state index < -0.39 is 0 Å². The Balaban J connectivity index is 0. The summed E-state index contributed by atoms with van der Waals surface area (Å²) in [5.74, 6) is 0. The second kappa shape index (κ2) is 9.01. The Labute approximate surface area is 78.1 Å². The first-order chi connectivity index (χ1) is 5.54. The van der Waals surface area contributed by atoms with Crippen molar-refractivity contribution in [1.82, 2.24) is 10.6 Å². The van der Waals surface area contributed by atoms with Gasteiger partial charge in [-0.3, -0.25) is 0 Å². The van der Waals surface area contributed by atoms with Crippen molar-refractivity contribution < 1.29 is 0 Å². The summed E-state index contributed by atoms with van der Waals surface area (Å²) in [5, 5.41) is 6.30. The third-order valence-corrected chi connectivity index (χ3v) is 1.89. The molecule has 0 aliphatic rings. The zero-order valence-corrected chi connectivity index (χ0v) is 9.62. The van der Waals surface area contributed by atoms with Crippen LogP contribution in [0.4, 0.5) is 0 Å². The number of hydrogen-bond donors (Lipinski definition) is 2. The molecule has 0 saturated heterocycles. The van der Waals surface area contributed by atoms with Crippen molar-refractivity contribution in [2.45, 2.75) is 46.6 Å². The van der Waals surface area contributed by atoms with Crippen molar-refractivity contribution >= 4 is 0 Å². The molecule has 12 heavy (non-hydrogen) atoms. The van der Waals surface area contributed by atoms with Crippen LogP contribution in [0, 0.1) is 0 Å². The summed E-state index contributed by atoms with van der Waals surface area (Å²) in [5.41, 5.74) is 0.342. The van der Waals surface area contributed by atoms with E-state index in [-0.39, 0.29) is 0 Å². The van der Waals surface area contributed by atoms with E-state index in [2.05, 4.69) is 45.3 Å². The van der Waals surface area contributed by atoms with Crippen molar-refractivity contribution in [1.29, 1.82) is 0 Å². The standard InChI is InChI=1S/C7H17N.C3H9N/c1-5-7(3,4)8-6-2;1-3-4-2/h8H,5-6H2,1-4H3;4H,3H2,1-2H3. The Bertz CT molecular complexity index is 77.9. The summed E-state index contributed by atoms with van der Waals surface area (Å²) in [4.78, 5) is 0. The Morgan fingerprint density at radius 1 is 1.00 bits per heavy atom. The van der Waals surface area contributed by atoms with Gasteiger partial charge in [-0.2, -0.15) is 0 Å². The third-order valence-electron chi connectivity index (χ3n) is 1.89. The molecular weight excluding hydrogens is 148 g/mol. The molecule has 0 aromatic rings. The SMILES string of the molecule is CCNC.CCNC(C)(C)CC. The summed E-state index contributed by atoms with van der Waals surface area (Å²) in [6.07, 6.45) is 1.20. The average Bonchev–Trinajstić information content (AvgIpc) is 2.05. The average molecular weight is 174 g/mol. The fourth-order valence-electron chi connectivity index (χ4n) is 0.604. The molecule has 2 heteroatoms. The minimum absolute atomic E-state index is 0.342. The van der Waals surface area contributed by atoms with Gasteiger partial charge in [0.2, 0.25) is 0 Å². The Morgan fingerprint density at radius 3 is 1.50 bits per heavy atom. The Morgan fingerprint density at radius 2 is 1.42 bits per heavy atom. The van der Waals surface area contributed by atoms with Crippen molar-refractivity contribution in [2.24, 2.45) is 0 Å². The van der Waals surface area contributed by atoms with Crippen LogP contribution in [0.25, 0.3) is 0 Å². The lowest BCUT2D eigenvalue weighted by Crippen LogP contribution is -2.37. The molecule has 0 aliphatic heterocycles. The third kappa shape index (κ3) is 12.6. The molecule has 0 radical (unpaired) electrons. The Hall–Kier alpha value is -0.0800. The maximum atomic E-state index is 3.37. The maximum Gasteiger partial charge on any atom is 0.0122 e. The lowest BCUT2D eigenvalue weighted by atomic mass is 10.0. The van der Waals surface area contributed by atoms with Crippen LogP contribution in [0.5, 0.6) is 0 Å². The van der Waals surface area contributed by atoms with E-state index in [4.69, 9.17) is 0 Å². The first-order valence-electron chi connectivity index (χ1n) is 4.93. The van der Waals surface area contributed by atoms with Gasteiger partial charge in [-0.15, -0.1) is 0 Å². The maximum absolute atomic E-state index is 3.37. The van der Waals surface area contributed by atoms with E-state index in [1.807, 2.05) is 7.05 Å². The van der Waals surface area contributed by atoms with Gasteiger partial charge in [0.05, 0.1) is 0 Å². The van der Waals surface area contributed by atoms with E-state index in [0.29, 0.717) is 5.54 Å². The van der Waals surface area contributed by atoms with E-state index >= 15 is 0 Å². The molecule has 0 saturated carbocycles. The zero-order valence-electron chi connectivity index (χ0n) is 9.62. The quantitative estimate of drug-likeness (QED) is 0.681. The van der Waals surface area contributed by atoms with Crippen molar-refractivity contribution in [3.8, 4) is 0 Å². The molecule has 0 aromatic heterocycles. The first kappa shape index (κ1) is 14.4. The predicted octanol–water partition coefficient (Wildman–Crippen LogP) is 2.01. The van der Waals surface area contributed by atoms with E-state index in [1.165, 1.54) is 6.42 Å². The molecule has 0 rings (SSSR count). The monoisotopic (exact) mass is 174 g/mol. The summed E-state index contributed by atoms with van der Waals surface area (Å²) < 4.78 is 0. The minimum Gasteiger partial charge on any atom is -0.320 e. The summed E-state index contributed by atoms with van der Waals surface area (Å²) >= 11 is 0. The number of hydrogen-bond acceptors (Lipinski definition) is 2. The van der Waals surface area contributed by atoms with Crippen molar-refractivity contribution in [3.63, 3.8) is 0 Å². The molecule has 0 bridgehead atoms. The van der Waals surface area contributed by atoms with Gasteiger partial charge in [0, 0.05) is 5.54 Å². The molecule has 2 nitrogen and oxygen atoms in total. The van der Waals surface area contributed by atoms with Crippen LogP contribution in [-0.2, 0) is 0 Å². The van der Waals surface area contributed by atoms with Crippen LogP contribution in [0.1, 0.15) is 41.0 Å². The molecule has 0 amide bonds.